The van der Waals surface area contributed by atoms with Gasteiger partial charge in [0.15, 0.2) is 0 Å². The second-order valence-corrected chi connectivity index (χ2v) is 11.5. The van der Waals surface area contributed by atoms with E-state index in [-0.39, 0.29) is 34.3 Å². The molecule has 0 spiro atoms. The molecule has 0 bridgehead atoms. The molecule has 0 atom stereocenters. The molecule has 4 nitrogen and oxygen atoms in total. The zero-order chi connectivity index (χ0) is 25.0. The van der Waals surface area contributed by atoms with Crippen LogP contribution in [0, 0.1) is 11.6 Å². The summed E-state index contributed by atoms with van der Waals surface area (Å²) in [6.45, 7) is 16.6. The number of imidazole rings is 2. The molecule has 0 aliphatic carbocycles. The molecule has 34 heavy (non-hydrogen) atoms. The molecule has 0 unspecified atom stereocenters. The molecule has 182 valence electrons. The van der Waals surface area contributed by atoms with Crippen LogP contribution in [0.4, 0.5) is 8.78 Å². The molecule has 0 aliphatic heterocycles. The van der Waals surface area contributed by atoms with Crippen LogP contribution in [0.25, 0.3) is 22.1 Å². The quantitative estimate of drug-likeness (QED) is 0.290. The van der Waals surface area contributed by atoms with Crippen LogP contribution in [0.15, 0.2) is 24.3 Å². The minimum atomic E-state index is -0.242. The number of aromatic amines is 2. The Labute approximate surface area is 200 Å². The van der Waals surface area contributed by atoms with Gasteiger partial charge in [-0.25, -0.2) is 18.7 Å². The lowest BCUT2D eigenvalue weighted by molar-refractivity contribution is 0.355. The Bertz CT molecular complexity index is 1240. The van der Waals surface area contributed by atoms with Gasteiger partial charge in [0.1, 0.15) is 23.3 Å². The van der Waals surface area contributed by atoms with Crippen LogP contribution >= 0.6 is 0 Å². The first-order valence-corrected chi connectivity index (χ1v) is 12.2. The average Bonchev–Trinajstić information content (AvgIpc) is 3.35. The molecule has 4 rings (SSSR count). The summed E-state index contributed by atoms with van der Waals surface area (Å²) in [6, 6.07) is 6.82. The van der Waals surface area contributed by atoms with Crippen molar-refractivity contribution in [1.82, 2.24) is 19.9 Å². The highest BCUT2D eigenvalue weighted by molar-refractivity contribution is 5.77. The number of nitrogens with zero attached hydrogens (tertiary/aromatic N) is 2. The number of nitrogens with one attached hydrogen (secondary N) is 2. The smallest absolute Gasteiger partial charge is 0.128 e. The fourth-order valence-corrected chi connectivity index (χ4v) is 4.48. The van der Waals surface area contributed by atoms with Gasteiger partial charge in [0.2, 0.25) is 0 Å². The van der Waals surface area contributed by atoms with Gasteiger partial charge in [-0.3, -0.25) is 0 Å². The first-order chi connectivity index (χ1) is 15.8. The predicted molar refractivity (Wildman–Crippen MR) is 136 cm³/mol. The Morgan fingerprint density at radius 3 is 1.35 bits per heavy atom. The van der Waals surface area contributed by atoms with Crippen LogP contribution in [0.3, 0.4) is 0 Å². The molecule has 0 amide bonds. The normalized spacial score (nSPS) is 13.2. The van der Waals surface area contributed by atoms with Crippen LogP contribution in [0.1, 0.15) is 103 Å². The second-order valence-electron chi connectivity index (χ2n) is 11.5. The van der Waals surface area contributed by atoms with Crippen LogP contribution in [-0.2, 0) is 10.8 Å². The summed E-state index contributed by atoms with van der Waals surface area (Å²) in [5, 5.41) is 0. The Kier molecular flexibility index (Phi) is 6.07. The summed E-state index contributed by atoms with van der Waals surface area (Å²) in [4.78, 5) is 16.3. The van der Waals surface area contributed by atoms with Crippen molar-refractivity contribution in [1.29, 1.82) is 0 Å². The van der Waals surface area contributed by atoms with Gasteiger partial charge >= 0.3 is 0 Å². The van der Waals surface area contributed by atoms with Crippen molar-refractivity contribution < 1.29 is 8.78 Å². The highest BCUT2D eigenvalue weighted by atomic mass is 19.1. The van der Waals surface area contributed by atoms with E-state index in [4.69, 9.17) is 9.97 Å². The van der Waals surface area contributed by atoms with Crippen LogP contribution in [0.5, 0.6) is 0 Å². The Hall–Kier alpha value is -2.76. The monoisotopic (exact) mass is 466 g/mol. The number of rotatable bonds is 7. The molecule has 0 saturated carbocycles. The molecule has 0 radical (unpaired) electrons. The molecule has 2 aromatic carbocycles. The van der Waals surface area contributed by atoms with Gasteiger partial charge in [-0.1, -0.05) is 55.4 Å². The zero-order valence-corrected chi connectivity index (χ0v) is 21.5. The number of hydrogen-bond acceptors (Lipinski definition) is 2. The Morgan fingerprint density at radius 1 is 0.676 bits per heavy atom. The van der Waals surface area contributed by atoms with Gasteiger partial charge in [0.25, 0.3) is 0 Å². The fourth-order valence-electron chi connectivity index (χ4n) is 4.48. The molecule has 6 heteroatoms. The minimum Gasteiger partial charge on any atom is -0.342 e. The van der Waals surface area contributed by atoms with E-state index < -0.39 is 0 Å². The van der Waals surface area contributed by atoms with Crippen molar-refractivity contribution >= 4 is 22.1 Å². The van der Waals surface area contributed by atoms with Crippen molar-refractivity contribution in [3.63, 3.8) is 0 Å². The Morgan fingerprint density at radius 2 is 1.03 bits per heavy atom. The summed E-state index contributed by atoms with van der Waals surface area (Å²) in [5.74, 6) is 1.51. The van der Waals surface area contributed by atoms with Crippen molar-refractivity contribution in [3.8, 4) is 0 Å². The Balaban J connectivity index is 1.58. The second kappa shape index (κ2) is 8.47. The summed E-state index contributed by atoms with van der Waals surface area (Å²) < 4.78 is 28.9. The number of halogens is 2. The van der Waals surface area contributed by atoms with Crippen LogP contribution < -0.4 is 0 Å². The van der Waals surface area contributed by atoms with Crippen molar-refractivity contribution in [2.75, 3.05) is 0 Å². The summed E-state index contributed by atoms with van der Waals surface area (Å²) >= 11 is 0. The largest absolute Gasteiger partial charge is 0.342 e. The highest BCUT2D eigenvalue weighted by Gasteiger charge is 2.31. The third kappa shape index (κ3) is 4.47. The summed E-state index contributed by atoms with van der Waals surface area (Å²) in [5.41, 5.74) is 3.96. The van der Waals surface area contributed by atoms with E-state index in [9.17, 15) is 8.78 Å². The molecular weight excluding hydrogens is 430 g/mol. The average molecular weight is 467 g/mol. The number of benzene rings is 2. The van der Waals surface area contributed by atoms with Gasteiger partial charge < -0.3 is 9.97 Å². The lowest BCUT2D eigenvalue weighted by atomic mass is 9.78. The predicted octanol–water partition coefficient (Wildman–Crippen LogP) is 8.00. The van der Waals surface area contributed by atoms with E-state index in [1.165, 1.54) is 12.1 Å². The van der Waals surface area contributed by atoms with Crippen molar-refractivity contribution in [2.45, 2.75) is 90.9 Å². The number of hydrogen-bond donors (Lipinski definition) is 2. The molecule has 0 fully saturated rings. The third-order valence-corrected chi connectivity index (χ3v) is 7.10. The zero-order valence-electron chi connectivity index (χ0n) is 21.5. The van der Waals surface area contributed by atoms with E-state index in [0.29, 0.717) is 22.2 Å². The maximum atomic E-state index is 14.5. The lowest BCUT2D eigenvalue weighted by Gasteiger charge is -2.28. The first-order valence-electron chi connectivity index (χ1n) is 12.2. The standard InChI is InChI=1S/C28H36F2N4/c1-15(2)17-11-21-23(13-19(17)29)33-25(31-21)27(5,6)9-10-28(7,8)26-32-22-12-18(16(3)4)20(30)14-24(22)34-26/h11-16H,9-10H2,1-8H3,(H,31,33)(H,32,34). The SMILES string of the molecule is CC(C)c1cc2[nH]c(C(C)(C)CCC(C)(C)c3nc4cc(F)c(C(C)C)cc4[nH]3)nc2cc1F. The maximum Gasteiger partial charge on any atom is 0.128 e. The molecule has 0 saturated heterocycles. The summed E-state index contributed by atoms with van der Waals surface area (Å²) in [6.07, 6.45) is 1.70. The fraction of sp³-hybridized carbons (Fsp3) is 0.500. The van der Waals surface area contributed by atoms with E-state index >= 15 is 0 Å². The van der Waals surface area contributed by atoms with Crippen LogP contribution in [-0.4, -0.2) is 19.9 Å². The van der Waals surface area contributed by atoms with Crippen LogP contribution in [0.2, 0.25) is 0 Å². The van der Waals surface area contributed by atoms with Gasteiger partial charge in [-0.15, -0.1) is 0 Å². The highest BCUT2D eigenvalue weighted by Crippen LogP contribution is 2.36. The maximum absolute atomic E-state index is 14.5. The van der Waals surface area contributed by atoms with E-state index in [0.717, 1.165) is 35.5 Å². The third-order valence-electron chi connectivity index (χ3n) is 7.10. The van der Waals surface area contributed by atoms with Gasteiger partial charge in [-0.2, -0.15) is 0 Å². The molecule has 0 aliphatic rings. The number of fused-ring (bicyclic) bond motifs is 2. The van der Waals surface area contributed by atoms with Crippen molar-refractivity contribution in [3.05, 3.63) is 58.7 Å². The topological polar surface area (TPSA) is 57.4 Å². The summed E-state index contributed by atoms with van der Waals surface area (Å²) in [7, 11) is 0. The molecule has 2 N–H and O–H groups in total. The number of aromatic nitrogens is 4. The van der Waals surface area contributed by atoms with Crippen molar-refractivity contribution in [2.24, 2.45) is 0 Å². The van der Waals surface area contributed by atoms with E-state index in [1.54, 1.807) is 0 Å². The van der Waals surface area contributed by atoms with Gasteiger partial charge in [0, 0.05) is 23.0 Å². The van der Waals surface area contributed by atoms with E-state index in [1.807, 2.05) is 39.8 Å². The molecule has 4 aromatic rings. The first kappa shape index (κ1) is 24.4. The number of H-pyrrole nitrogens is 2. The van der Waals surface area contributed by atoms with E-state index in [2.05, 4.69) is 37.7 Å². The lowest BCUT2D eigenvalue weighted by Crippen LogP contribution is -2.26. The van der Waals surface area contributed by atoms with Gasteiger partial charge in [-0.05, 0) is 47.9 Å². The molecule has 2 heterocycles. The minimum absolute atomic E-state index is 0.110. The molecule has 2 aromatic heterocycles. The molecular formula is C28H36F2N4. The van der Waals surface area contributed by atoms with Gasteiger partial charge in [0.05, 0.1) is 22.1 Å².